The second-order valence-electron chi connectivity index (χ2n) is 12.1. The maximum atomic E-state index is 14.8. The van der Waals surface area contributed by atoms with Crippen LogP contribution in [0.5, 0.6) is 11.5 Å². The molecule has 2 aliphatic rings. The van der Waals surface area contributed by atoms with Crippen molar-refractivity contribution in [3.05, 3.63) is 42.0 Å². The highest BCUT2D eigenvalue weighted by Gasteiger charge is 2.32. The van der Waals surface area contributed by atoms with Crippen LogP contribution >= 0.6 is 0 Å². The summed E-state index contributed by atoms with van der Waals surface area (Å²) in [4.78, 5) is 25.3. The summed E-state index contributed by atoms with van der Waals surface area (Å²) in [5.41, 5.74) is 0.308. The fourth-order valence-corrected chi connectivity index (χ4v) is 5.76. The fourth-order valence-electron chi connectivity index (χ4n) is 5.76. The van der Waals surface area contributed by atoms with Gasteiger partial charge in [0.1, 0.15) is 29.9 Å². The minimum Gasteiger partial charge on any atom is -0.493 e. The van der Waals surface area contributed by atoms with Gasteiger partial charge in [0.15, 0.2) is 5.75 Å². The standard InChI is InChI=1S/C32H48FN5O8/c1-2-45-25-15-35-32(36-16-25)37-9-7-21(8-10-37)4-3-11-46-24-6-5-23(26(33)13-24)12-29(42)38-18-22(19-38)14-34-17-27(40)30(43)31(44)28(41)20-39/h5-6,13,15-16,21-22,27-28,30-31,34,39-41,43-44H,2-4,7-12,14,17-20H2,1H3. The maximum absolute atomic E-state index is 14.8. The topological polar surface area (TPSA) is 181 Å². The number of carbonyl (C=O) groups excluding carboxylic acids is 1. The highest BCUT2D eigenvalue weighted by atomic mass is 19.1. The van der Waals surface area contributed by atoms with Crippen LogP contribution in [0, 0.1) is 17.7 Å². The van der Waals surface area contributed by atoms with Crippen molar-refractivity contribution in [2.24, 2.45) is 11.8 Å². The summed E-state index contributed by atoms with van der Waals surface area (Å²) in [7, 11) is 0. The first-order valence-corrected chi connectivity index (χ1v) is 16.1. The molecule has 0 radical (unpaired) electrons. The summed E-state index contributed by atoms with van der Waals surface area (Å²) in [5.74, 6) is 1.91. The van der Waals surface area contributed by atoms with E-state index in [1.807, 2.05) is 6.92 Å². The van der Waals surface area contributed by atoms with E-state index in [0.29, 0.717) is 55.8 Å². The maximum Gasteiger partial charge on any atom is 0.227 e. The van der Waals surface area contributed by atoms with Gasteiger partial charge in [0, 0.05) is 51.3 Å². The molecule has 13 nitrogen and oxygen atoms in total. The molecular weight excluding hydrogens is 601 g/mol. The first-order chi connectivity index (χ1) is 22.2. The number of rotatable bonds is 18. The van der Waals surface area contributed by atoms with Gasteiger partial charge in [-0.1, -0.05) is 6.07 Å². The molecule has 1 amide bonds. The average molecular weight is 650 g/mol. The molecule has 4 rings (SSSR count). The van der Waals surface area contributed by atoms with Gasteiger partial charge in [0.2, 0.25) is 11.9 Å². The van der Waals surface area contributed by atoms with Gasteiger partial charge >= 0.3 is 0 Å². The van der Waals surface area contributed by atoms with Crippen molar-refractivity contribution >= 4 is 11.9 Å². The lowest BCUT2D eigenvalue weighted by Gasteiger charge is -2.39. The lowest BCUT2D eigenvalue weighted by molar-refractivity contribution is -0.136. The van der Waals surface area contributed by atoms with Crippen molar-refractivity contribution in [2.45, 2.75) is 63.4 Å². The van der Waals surface area contributed by atoms with E-state index < -0.39 is 36.8 Å². The van der Waals surface area contributed by atoms with Gasteiger partial charge in [-0.05, 0) is 50.2 Å². The Morgan fingerprint density at radius 3 is 2.37 bits per heavy atom. The zero-order chi connectivity index (χ0) is 33.1. The van der Waals surface area contributed by atoms with Crippen molar-refractivity contribution in [2.75, 3.05) is 64.0 Å². The van der Waals surface area contributed by atoms with E-state index in [4.69, 9.17) is 14.6 Å². The Balaban J connectivity index is 1.08. The number of aromatic nitrogens is 2. The van der Waals surface area contributed by atoms with E-state index in [2.05, 4.69) is 20.2 Å². The van der Waals surface area contributed by atoms with E-state index >= 15 is 0 Å². The Bertz CT molecular complexity index is 1210. The minimum atomic E-state index is -1.67. The van der Waals surface area contributed by atoms with E-state index in [9.17, 15) is 29.6 Å². The fraction of sp³-hybridized carbons (Fsp3) is 0.656. The zero-order valence-corrected chi connectivity index (χ0v) is 26.4. The number of amides is 1. The molecule has 0 aliphatic carbocycles. The molecule has 2 saturated heterocycles. The van der Waals surface area contributed by atoms with Crippen LogP contribution in [0.4, 0.5) is 10.3 Å². The first-order valence-electron chi connectivity index (χ1n) is 16.1. The van der Waals surface area contributed by atoms with Gasteiger partial charge in [-0.15, -0.1) is 0 Å². The third kappa shape index (κ3) is 10.2. The molecule has 46 heavy (non-hydrogen) atoms. The number of halogens is 1. The molecule has 2 aromatic rings. The number of carbonyl (C=O) groups is 1. The van der Waals surface area contributed by atoms with Crippen LogP contribution < -0.4 is 19.7 Å². The molecule has 1 aromatic heterocycles. The molecular formula is C32H48FN5O8. The van der Waals surface area contributed by atoms with Gasteiger partial charge in [-0.2, -0.15) is 0 Å². The zero-order valence-electron chi connectivity index (χ0n) is 26.4. The Labute approximate surface area is 269 Å². The Morgan fingerprint density at radius 1 is 1.02 bits per heavy atom. The van der Waals surface area contributed by atoms with E-state index in [-0.39, 0.29) is 24.8 Å². The van der Waals surface area contributed by atoms with Crippen LogP contribution in [0.25, 0.3) is 0 Å². The molecule has 14 heteroatoms. The summed E-state index contributed by atoms with van der Waals surface area (Å²) in [6, 6.07) is 4.62. The summed E-state index contributed by atoms with van der Waals surface area (Å²) < 4.78 is 26.0. The summed E-state index contributed by atoms with van der Waals surface area (Å²) >= 11 is 0. The minimum absolute atomic E-state index is 0.0406. The van der Waals surface area contributed by atoms with Crippen molar-refractivity contribution in [1.82, 2.24) is 20.2 Å². The molecule has 0 spiro atoms. The predicted octanol–water partition coefficient (Wildman–Crippen LogP) is 0.116. The predicted molar refractivity (Wildman–Crippen MR) is 167 cm³/mol. The van der Waals surface area contributed by atoms with Gasteiger partial charge in [-0.3, -0.25) is 4.79 Å². The van der Waals surface area contributed by atoms with Crippen molar-refractivity contribution in [3.63, 3.8) is 0 Å². The number of likely N-dealkylation sites (tertiary alicyclic amines) is 1. The van der Waals surface area contributed by atoms with Gasteiger partial charge < -0.3 is 50.1 Å². The second-order valence-corrected chi connectivity index (χ2v) is 12.1. The molecule has 1 aromatic carbocycles. The highest BCUT2D eigenvalue weighted by Crippen LogP contribution is 2.25. The van der Waals surface area contributed by atoms with Crippen LogP contribution in [-0.4, -0.2) is 130 Å². The van der Waals surface area contributed by atoms with Crippen molar-refractivity contribution < 1.29 is 44.2 Å². The molecule has 256 valence electrons. The number of ether oxygens (including phenoxy) is 2. The number of aliphatic hydroxyl groups is 5. The quantitative estimate of drug-likeness (QED) is 0.120. The summed E-state index contributed by atoms with van der Waals surface area (Å²) in [6.07, 6.45) is 1.17. The van der Waals surface area contributed by atoms with Crippen LogP contribution in [0.2, 0.25) is 0 Å². The van der Waals surface area contributed by atoms with Crippen LogP contribution in [0.3, 0.4) is 0 Å². The molecule has 4 atom stereocenters. The van der Waals surface area contributed by atoms with Crippen LogP contribution in [-0.2, 0) is 11.2 Å². The first kappa shape index (κ1) is 35.7. The largest absolute Gasteiger partial charge is 0.493 e. The number of aliphatic hydroxyl groups excluding tert-OH is 5. The lowest BCUT2D eigenvalue weighted by atomic mass is 9.92. The Hall–Kier alpha value is -3.14. The number of piperidine rings is 1. The lowest BCUT2D eigenvalue weighted by Crippen LogP contribution is -2.55. The third-order valence-electron chi connectivity index (χ3n) is 8.64. The number of benzene rings is 1. The number of nitrogens with zero attached hydrogens (tertiary/aromatic N) is 4. The molecule has 0 bridgehead atoms. The normalized spacial score (nSPS) is 18.5. The molecule has 3 heterocycles. The van der Waals surface area contributed by atoms with E-state index in [0.717, 1.165) is 44.7 Å². The number of hydrogen-bond donors (Lipinski definition) is 6. The molecule has 6 N–H and O–H groups in total. The molecule has 4 unspecified atom stereocenters. The monoisotopic (exact) mass is 649 g/mol. The second kappa shape index (κ2) is 17.7. The summed E-state index contributed by atoms with van der Waals surface area (Å²) in [6.45, 7) is 5.45. The van der Waals surface area contributed by atoms with E-state index in [1.54, 1.807) is 29.4 Å². The number of anilines is 1. The highest BCUT2D eigenvalue weighted by molar-refractivity contribution is 5.79. The van der Waals surface area contributed by atoms with Gasteiger partial charge in [0.05, 0.1) is 44.7 Å². The Morgan fingerprint density at radius 2 is 1.72 bits per heavy atom. The molecule has 2 aliphatic heterocycles. The Kier molecular flexibility index (Phi) is 13.7. The summed E-state index contributed by atoms with van der Waals surface area (Å²) in [5, 5.41) is 50.7. The van der Waals surface area contributed by atoms with Gasteiger partial charge in [0.25, 0.3) is 0 Å². The SMILES string of the molecule is CCOc1cnc(N2CCC(CCCOc3ccc(CC(=O)N4CC(CNCC(O)C(O)C(O)C(O)CO)C4)c(F)c3)CC2)nc1. The molecule has 2 fully saturated rings. The third-order valence-corrected chi connectivity index (χ3v) is 8.64. The number of nitrogens with one attached hydrogen (secondary N) is 1. The van der Waals surface area contributed by atoms with Gasteiger partial charge in [-0.25, -0.2) is 14.4 Å². The molecule has 0 saturated carbocycles. The van der Waals surface area contributed by atoms with Crippen LogP contribution in [0.15, 0.2) is 30.6 Å². The van der Waals surface area contributed by atoms with E-state index in [1.165, 1.54) is 6.07 Å². The van der Waals surface area contributed by atoms with Crippen molar-refractivity contribution in [1.29, 1.82) is 0 Å². The van der Waals surface area contributed by atoms with Crippen molar-refractivity contribution in [3.8, 4) is 11.5 Å². The average Bonchev–Trinajstić information content (AvgIpc) is 3.04. The smallest absolute Gasteiger partial charge is 0.227 e. The van der Waals surface area contributed by atoms with Crippen LogP contribution in [0.1, 0.15) is 38.2 Å². The number of hydrogen-bond acceptors (Lipinski definition) is 12.